The van der Waals surface area contributed by atoms with E-state index in [1.54, 1.807) is 0 Å². The second kappa shape index (κ2) is 5.82. The SMILES string of the molecule is Fc1cc(C2CCC(C3CCC3)CC2)cc(F)c1C(F)(F)F. The van der Waals surface area contributed by atoms with Crippen molar-refractivity contribution in [3.63, 3.8) is 0 Å². The minimum absolute atomic E-state index is 0.0254. The van der Waals surface area contributed by atoms with Crippen LogP contribution in [0.15, 0.2) is 12.1 Å². The van der Waals surface area contributed by atoms with Crippen molar-refractivity contribution in [2.45, 2.75) is 57.0 Å². The summed E-state index contributed by atoms with van der Waals surface area (Å²) in [5, 5.41) is 0. The lowest BCUT2D eigenvalue weighted by molar-refractivity contribution is -0.142. The van der Waals surface area contributed by atoms with Crippen LogP contribution >= 0.6 is 0 Å². The van der Waals surface area contributed by atoms with Crippen LogP contribution in [0.25, 0.3) is 0 Å². The lowest BCUT2D eigenvalue weighted by atomic mass is 9.67. The lowest BCUT2D eigenvalue weighted by Gasteiger charge is -2.38. The van der Waals surface area contributed by atoms with Crippen LogP contribution in [0.1, 0.15) is 62.0 Å². The Labute approximate surface area is 126 Å². The smallest absolute Gasteiger partial charge is 0.206 e. The largest absolute Gasteiger partial charge is 0.422 e. The molecule has 0 nitrogen and oxygen atoms in total. The number of benzene rings is 1. The number of alkyl halides is 3. The maximum Gasteiger partial charge on any atom is 0.422 e. The summed E-state index contributed by atoms with van der Waals surface area (Å²) >= 11 is 0. The van der Waals surface area contributed by atoms with Crippen LogP contribution in [0.2, 0.25) is 0 Å². The molecule has 0 aromatic heterocycles. The summed E-state index contributed by atoms with van der Waals surface area (Å²) in [4.78, 5) is 0. The molecule has 0 spiro atoms. The fourth-order valence-corrected chi connectivity index (χ4v) is 3.93. The fraction of sp³-hybridized carbons (Fsp3) is 0.647. The molecule has 2 aliphatic carbocycles. The molecule has 122 valence electrons. The Hall–Kier alpha value is -1.13. The predicted molar refractivity (Wildman–Crippen MR) is 73.4 cm³/mol. The average molecular weight is 318 g/mol. The van der Waals surface area contributed by atoms with E-state index in [-0.39, 0.29) is 5.92 Å². The first-order valence-corrected chi connectivity index (χ1v) is 7.92. The van der Waals surface area contributed by atoms with Crippen LogP contribution in [0.3, 0.4) is 0 Å². The van der Waals surface area contributed by atoms with Crippen molar-refractivity contribution in [2.75, 3.05) is 0 Å². The zero-order valence-electron chi connectivity index (χ0n) is 12.2. The molecule has 2 fully saturated rings. The molecule has 22 heavy (non-hydrogen) atoms. The third-order valence-electron chi connectivity index (χ3n) is 5.41. The van der Waals surface area contributed by atoms with Gasteiger partial charge >= 0.3 is 6.18 Å². The highest BCUT2D eigenvalue weighted by Gasteiger charge is 2.39. The van der Waals surface area contributed by atoms with Gasteiger partial charge in [-0.05, 0) is 61.1 Å². The Morgan fingerprint density at radius 1 is 0.773 bits per heavy atom. The van der Waals surface area contributed by atoms with Crippen LogP contribution < -0.4 is 0 Å². The summed E-state index contributed by atoms with van der Waals surface area (Å²) in [6.45, 7) is 0. The van der Waals surface area contributed by atoms with E-state index in [0.29, 0.717) is 11.5 Å². The Morgan fingerprint density at radius 2 is 1.27 bits per heavy atom. The molecule has 2 aliphatic rings. The van der Waals surface area contributed by atoms with E-state index >= 15 is 0 Å². The summed E-state index contributed by atoms with van der Waals surface area (Å²) in [5.41, 5.74) is -1.41. The second-order valence-corrected chi connectivity index (χ2v) is 6.66. The van der Waals surface area contributed by atoms with Gasteiger partial charge in [-0.25, -0.2) is 8.78 Å². The third-order valence-corrected chi connectivity index (χ3v) is 5.41. The fourth-order valence-electron chi connectivity index (χ4n) is 3.93. The Balaban J connectivity index is 1.73. The van der Waals surface area contributed by atoms with E-state index in [1.165, 1.54) is 19.3 Å². The van der Waals surface area contributed by atoms with Gasteiger partial charge in [-0.2, -0.15) is 13.2 Å². The van der Waals surface area contributed by atoms with Crippen LogP contribution in [-0.4, -0.2) is 0 Å². The first-order valence-electron chi connectivity index (χ1n) is 7.92. The molecule has 0 saturated heterocycles. The Kier molecular flexibility index (Phi) is 4.17. The Morgan fingerprint density at radius 3 is 1.68 bits per heavy atom. The number of halogens is 5. The predicted octanol–water partition coefficient (Wildman–Crippen LogP) is 6.06. The molecule has 0 amide bonds. The third kappa shape index (κ3) is 2.99. The van der Waals surface area contributed by atoms with E-state index in [0.717, 1.165) is 43.7 Å². The van der Waals surface area contributed by atoms with Gasteiger partial charge in [0.1, 0.15) is 17.2 Å². The molecular weight excluding hydrogens is 299 g/mol. The minimum atomic E-state index is -4.99. The molecule has 0 N–H and O–H groups in total. The summed E-state index contributed by atoms with van der Waals surface area (Å²) in [6.07, 6.45) is 2.50. The van der Waals surface area contributed by atoms with E-state index < -0.39 is 23.4 Å². The second-order valence-electron chi connectivity index (χ2n) is 6.66. The van der Waals surface area contributed by atoms with Gasteiger partial charge in [0.05, 0.1) is 0 Å². The quantitative estimate of drug-likeness (QED) is 0.582. The number of rotatable bonds is 2. The molecule has 1 aromatic carbocycles. The van der Waals surface area contributed by atoms with Crippen molar-refractivity contribution in [3.05, 3.63) is 34.9 Å². The highest BCUT2D eigenvalue weighted by Crippen LogP contribution is 2.45. The monoisotopic (exact) mass is 318 g/mol. The summed E-state index contributed by atoms with van der Waals surface area (Å²) in [7, 11) is 0. The highest BCUT2D eigenvalue weighted by atomic mass is 19.4. The van der Waals surface area contributed by atoms with Gasteiger partial charge in [-0.1, -0.05) is 19.3 Å². The van der Waals surface area contributed by atoms with E-state index in [4.69, 9.17) is 0 Å². The molecule has 0 atom stereocenters. The lowest BCUT2D eigenvalue weighted by Crippen LogP contribution is -2.26. The summed E-state index contributed by atoms with van der Waals surface area (Å²) in [5.74, 6) is -1.54. The number of hydrogen-bond donors (Lipinski definition) is 0. The van der Waals surface area contributed by atoms with E-state index in [9.17, 15) is 22.0 Å². The molecule has 0 radical (unpaired) electrons. The average Bonchev–Trinajstić information content (AvgIpc) is 2.35. The topological polar surface area (TPSA) is 0 Å². The van der Waals surface area contributed by atoms with Gasteiger partial charge in [0.2, 0.25) is 0 Å². The number of hydrogen-bond acceptors (Lipinski definition) is 0. The van der Waals surface area contributed by atoms with Crippen molar-refractivity contribution in [3.8, 4) is 0 Å². The summed E-state index contributed by atoms with van der Waals surface area (Å²) < 4.78 is 65.1. The zero-order chi connectivity index (χ0) is 15.9. The highest BCUT2D eigenvalue weighted by molar-refractivity contribution is 5.30. The zero-order valence-corrected chi connectivity index (χ0v) is 12.2. The normalized spacial score (nSPS) is 26.8. The maximum atomic E-state index is 13.7. The van der Waals surface area contributed by atoms with Crippen molar-refractivity contribution in [2.24, 2.45) is 11.8 Å². The molecule has 2 saturated carbocycles. The first-order chi connectivity index (χ1) is 10.4. The van der Waals surface area contributed by atoms with Gasteiger partial charge in [-0.3, -0.25) is 0 Å². The van der Waals surface area contributed by atoms with Crippen molar-refractivity contribution in [1.29, 1.82) is 0 Å². The Bertz CT molecular complexity index is 513. The van der Waals surface area contributed by atoms with Gasteiger partial charge in [0.25, 0.3) is 0 Å². The van der Waals surface area contributed by atoms with Crippen LogP contribution in [0.4, 0.5) is 22.0 Å². The molecular formula is C17H19F5. The van der Waals surface area contributed by atoms with Gasteiger partial charge in [0.15, 0.2) is 0 Å². The van der Waals surface area contributed by atoms with Crippen molar-refractivity contribution in [1.82, 2.24) is 0 Å². The molecule has 1 aromatic rings. The van der Waals surface area contributed by atoms with Gasteiger partial charge in [0, 0.05) is 0 Å². The summed E-state index contributed by atoms with van der Waals surface area (Å²) in [6, 6.07) is 1.75. The van der Waals surface area contributed by atoms with Gasteiger partial charge < -0.3 is 0 Å². The maximum absolute atomic E-state index is 13.7. The molecule has 0 bridgehead atoms. The van der Waals surface area contributed by atoms with Crippen LogP contribution in [0, 0.1) is 23.5 Å². The molecule has 0 aliphatic heterocycles. The van der Waals surface area contributed by atoms with E-state index in [2.05, 4.69) is 0 Å². The minimum Gasteiger partial charge on any atom is -0.206 e. The molecule has 0 unspecified atom stereocenters. The van der Waals surface area contributed by atoms with Crippen LogP contribution in [0.5, 0.6) is 0 Å². The van der Waals surface area contributed by atoms with Gasteiger partial charge in [-0.15, -0.1) is 0 Å². The molecule has 5 heteroatoms. The van der Waals surface area contributed by atoms with E-state index in [1.807, 2.05) is 0 Å². The van der Waals surface area contributed by atoms with Crippen molar-refractivity contribution < 1.29 is 22.0 Å². The molecule has 3 rings (SSSR count). The standard InChI is InChI=1S/C17H19F5/c18-14-8-13(9-15(19)16(14)17(20,21)22)12-6-4-11(5-7-12)10-2-1-3-10/h8-12H,1-7H2. The van der Waals surface area contributed by atoms with Crippen LogP contribution in [-0.2, 0) is 6.18 Å². The van der Waals surface area contributed by atoms with Crippen molar-refractivity contribution >= 4 is 0 Å². The molecule has 0 heterocycles. The first kappa shape index (κ1) is 15.8.